The van der Waals surface area contributed by atoms with Crippen molar-refractivity contribution in [3.05, 3.63) is 53.4 Å². The van der Waals surface area contributed by atoms with Crippen LogP contribution in [-0.4, -0.2) is 32.3 Å². The summed E-state index contributed by atoms with van der Waals surface area (Å²) in [7, 11) is 0. The fourth-order valence-electron chi connectivity index (χ4n) is 3.46. The quantitative estimate of drug-likeness (QED) is 0.511. The number of aromatic nitrogens is 4. The first kappa shape index (κ1) is 19.2. The van der Waals surface area contributed by atoms with Gasteiger partial charge in [0.2, 0.25) is 5.89 Å². The Labute approximate surface area is 170 Å². The molecule has 3 heterocycles. The number of oxazole rings is 1. The van der Waals surface area contributed by atoms with E-state index in [0.717, 1.165) is 54.8 Å². The van der Waals surface area contributed by atoms with Gasteiger partial charge in [0.1, 0.15) is 23.6 Å². The summed E-state index contributed by atoms with van der Waals surface area (Å²) in [5.74, 6) is 3.14. The number of guanidine groups is 1. The van der Waals surface area contributed by atoms with Gasteiger partial charge in [0.05, 0.1) is 12.6 Å². The summed E-state index contributed by atoms with van der Waals surface area (Å²) in [5.41, 5.74) is 2.97. The van der Waals surface area contributed by atoms with E-state index in [1.165, 1.54) is 5.56 Å². The van der Waals surface area contributed by atoms with Crippen LogP contribution < -0.4 is 10.6 Å². The van der Waals surface area contributed by atoms with E-state index in [4.69, 9.17) is 9.41 Å². The lowest BCUT2D eigenvalue weighted by Crippen LogP contribution is -2.41. The summed E-state index contributed by atoms with van der Waals surface area (Å²) < 4.78 is 7.63. The third-order valence-electron chi connectivity index (χ3n) is 4.89. The molecule has 1 aromatic carbocycles. The SMILES string of the molecule is CCNC(=NCc1coc(-c2ccc(C)cc2)n1)NC1CCCn2nc(C)nc21. The van der Waals surface area contributed by atoms with Crippen molar-refractivity contribution in [3.63, 3.8) is 0 Å². The first-order chi connectivity index (χ1) is 14.1. The first-order valence-electron chi connectivity index (χ1n) is 10.1. The van der Waals surface area contributed by atoms with E-state index in [2.05, 4.69) is 51.7 Å². The van der Waals surface area contributed by atoms with E-state index >= 15 is 0 Å². The number of hydrogen-bond donors (Lipinski definition) is 2. The lowest BCUT2D eigenvalue weighted by Gasteiger charge is -2.24. The van der Waals surface area contributed by atoms with Crippen LogP contribution in [0.2, 0.25) is 0 Å². The molecular weight excluding hydrogens is 366 g/mol. The standard InChI is InChI=1S/C21H27N7O/c1-4-22-21(26-18-6-5-11-28-19(18)24-15(3)27-28)23-12-17-13-29-20(25-17)16-9-7-14(2)8-10-16/h7-10,13,18H,4-6,11-12H2,1-3H3,(H2,22,23,26). The third kappa shape index (κ3) is 4.47. The molecule has 0 amide bonds. The third-order valence-corrected chi connectivity index (χ3v) is 4.89. The number of aliphatic imine (C=N–C) groups is 1. The smallest absolute Gasteiger partial charge is 0.226 e. The second-order valence-electron chi connectivity index (χ2n) is 7.28. The molecule has 4 rings (SSSR count). The topological polar surface area (TPSA) is 93.2 Å². The molecule has 1 aliphatic heterocycles. The maximum Gasteiger partial charge on any atom is 0.226 e. The van der Waals surface area contributed by atoms with Gasteiger partial charge in [0, 0.05) is 18.7 Å². The van der Waals surface area contributed by atoms with Gasteiger partial charge in [0.25, 0.3) is 0 Å². The zero-order valence-electron chi connectivity index (χ0n) is 17.1. The Morgan fingerprint density at radius 3 is 2.86 bits per heavy atom. The van der Waals surface area contributed by atoms with Crippen molar-refractivity contribution in [3.8, 4) is 11.5 Å². The summed E-state index contributed by atoms with van der Waals surface area (Å²) in [4.78, 5) is 13.9. The maximum absolute atomic E-state index is 5.64. The van der Waals surface area contributed by atoms with Gasteiger partial charge >= 0.3 is 0 Å². The molecule has 1 unspecified atom stereocenters. The Bertz CT molecular complexity index is 987. The summed E-state index contributed by atoms with van der Waals surface area (Å²) >= 11 is 0. The molecule has 0 radical (unpaired) electrons. The normalized spacial score (nSPS) is 16.5. The fraction of sp³-hybridized carbons (Fsp3) is 0.429. The van der Waals surface area contributed by atoms with Crippen molar-refractivity contribution in [2.45, 2.75) is 52.7 Å². The first-order valence-corrected chi connectivity index (χ1v) is 10.1. The molecule has 29 heavy (non-hydrogen) atoms. The molecule has 0 aliphatic carbocycles. The molecule has 0 saturated heterocycles. The van der Waals surface area contributed by atoms with Gasteiger partial charge in [-0.25, -0.2) is 19.6 Å². The molecule has 1 aliphatic rings. The zero-order valence-corrected chi connectivity index (χ0v) is 17.1. The predicted octanol–water partition coefficient (Wildman–Crippen LogP) is 3.14. The Kier molecular flexibility index (Phi) is 5.59. The second kappa shape index (κ2) is 8.46. The number of fused-ring (bicyclic) bond motifs is 1. The minimum absolute atomic E-state index is 0.100. The van der Waals surface area contributed by atoms with Gasteiger partial charge in [-0.1, -0.05) is 17.7 Å². The molecule has 152 valence electrons. The molecule has 0 spiro atoms. The van der Waals surface area contributed by atoms with Crippen molar-refractivity contribution >= 4 is 5.96 Å². The molecular formula is C21H27N7O. The number of aryl methyl sites for hydroxylation is 3. The number of rotatable bonds is 5. The lowest BCUT2D eigenvalue weighted by molar-refractivity contribution is 0.397. The molecule has 2 aromatic heterocycles. The van der Waals surface area contributed by atoms with E-state index in [1.54, 1.807) is 6.26 Å². The monoisotopic (exact) mass is 393 g/mol. The summed E-state index contributed by atoms with van der Waals surface area (Å²) in [6.07, 6.45) is 3.74. The average Bonchev–Trinajstić information content (AvgIpc) is 3.33. The van der Waals surface area contributed by atoms with Crippen molar-refractivity contribution < 1.29 is 4.42 Å². The summed E-state index contributed by atoms with van der Waals surface area (Å²) in [6, 6.07) is 8.23. The number of hydrogen-bond acceptors (Lipinski definition) is 5. The Hall–Kier alpha value is -3.16. The van der Waals surface area contributed by atoms with Crippen LogP contribution in [0.3, 0.4) is 0 Å². The highest BCUT2D eigenvalue weighted by atomic mass is 16.3. The zero-order chi connectivity index (χ0) is 20.2. The van der Waals surface area contributed by atoms with E-state index in [1.807, 2.05) is 23.7 Å². The van der Waals surface area contributed by atoms with Crippen LogP contribution in [-0.2, 0) is 13.1 Å². The molecule has 0 saturated carbocycles. The van der Waals surface area contributed by atoms with Crippen LogP contribution in [0.25, 0.3) is 11.5 Å². The highest BCUT2D eigenvalue weighted by Crippen LogP contribution is 2.23. The highest BCUT2D eigenvalue weighted by Gasteiger charge is 2.24. The van der Waals surface area contributed by atoms with E-state index in [0.29, 0.717) is 12.4 Å². The van der Waals surface area contributed by atoms with Crippen LogP contribution >= 0.6 is 0 Å². The minimum Gasteiger partial charge on any atom is -0.444 e. The molecule has 3 aromatic rings. The van der Waals surface area contributed by atoms with Gasteiger partial charge in [-0.15, -0.1) is 0 Å². The van der Waals surface area contributed by atoms with Crippen LogP contribution in [0.4, 0.5) is 0 Å². The Morgan fingerprint density at radius 1 is 1.24 bits per heavy atom. The van der Waals surface area contributed by atoms with Crippen LogP contribution in [0.15, 0.2) is 39.9 Å². The molecule has 0 bridgehead atoms. The minimum atomic E-state index is 0.100. The largest absolute Gasteiger partial charge is 0.444 e. The number of benzene rings is 1. The molecule has 2 N–H and O–H groups in total. The van der Waals surface area contributed by atoms with Crippen molar-refractivity contribution in [2.24, 2.45) is 4.99 Å². The van der Waals surface area contributed by atoms with E-state index in [-0.39, 0.29) is 6.04 Å². The molecule has 1 atom stereocenters. The van der Waals surface area contributed by atoms with Crippen LogP contribution in [0.1, 0.15) is 48.7 Å². The van der Waals surface area contributed by atoms with E-state index < -0.39 is 0 Å². The van der Waals surface area contributed by atoms with Crippen molar-refractivity contribution in [2.75, 3.05) is 6.54 Å². The predicted molar refractivity (Wildman–Crippen MR) is 111 cm³/mol. The van der Waals surface area contributed by atoms with Gasteiger partial charge in [0.15, 0.2) is 5.96 Å². The highest BCUT2D eigenvalue weighted by molar-refractivity contribution is 5.80. The average molecular weight is 393 g/mol. The fourth-order valence-corrected chi connectivity index (χ4v) is 3.46. The number of nitrogens with one attached hydrogen (secondary N) is 2. The van der Waals surface area contributed by atoms with Gasteiger partial charge in [-0.2, -0.15) is 5.10 Å². The Morgan fingerprint density at radius 2 is 2.07 bits per heavy atom. The maximum atomic E-state index is 5.64. The van der Waals surface area contributed by atoms with Crippen LogP contribution in [0, 0.1) is 13.8 Å². The number of nitrogens with zero attached hydrogens (tertiary/aromatic N) is 5. The summed E-state index contributed by atoms with van der Waals surface area (Å²) in [6.45, 7) is 8.17. The van der Waals surface area contributed by atoms with Crippen molar-refractivity contribution in [1.82, 2.24) is 30.4 Å². The summed E-state index contributed by atoms with van der Waals surface area (Å²) in [5, 5.41) is 11.3. The van der Waals surface area contributed by atoms with Gasteiger partial charge < -0.3 is 15.1 Å². The van der Waals surface area contributed by atoms with Crippen LogP contribution in [0.5, 0.6) is 0 Å². The molecule has 8 heteroatoms. The Balaban J connectivity index is 1.46. The van der Waals surface area contributed by atoms with Gasteiger partial charge in [-0.05, 0) is 45.7 Å². The molecule has 0 fully saturated rings. The van der Waals surface area contributed by atoms with Gasteiger partial charge in [-0.3, -0.25) is 0 Å². The van der Waals surface area contributed by atoms with Crippen molar-refractivity contribution in [1.29, 1.82) is 0 Å². The van der Waals surface area contributed by atoms with E-state index in [9.17, 15) is 0 Å². The molecule has 8 nitrogen and oxygen atoms in total. The lowest BCUT2D eigenvalue weighted by atomic mass is 10.1. The second-order valence-corrected chi connectivity index (χ2v) is 7.28.